The minimum Gasteiger partial charge on any atom is -0.495 e. The summed E-state index contributed by atoms with van der Waals surface area (Å²) >= 11 is 0. The molecule has 2 saturated heterocycles. The second-order valence-electron chi connectivity index (χ2n) is 9.22. The Kier molecular flexibility index (Phi) is 8.56. The summed E-state index contributed by atoms with van der Waals surface area (Å²) in [5.74, 6) is -10.3. The standard InChI is InChI=1S/C26H32F5N3O2/c1-3-6-20(34-15-13-32(14-16-34)18-7-4-5-8-19(18)35-2)33-11-9-17(10-12-33)36-26-24(30)22(28)21(27)23(29)25(26)31/h4-5,7-8,17,20H,3,6,9-16H2,1-2H3. The van der Waals surface area contributed by atoms with Gasteiger partial charge in [0.15, 0.2) is 5.75 Å². The number of anilines is 1. The van der Waals surface area contributed by atoms with Crippen LogP contribution in [0.25, 0.3) is 0 Å². The van der Waals surface area contributed by atoms with Gasteiger partial charge in [0.05, 0.1) is 19.0 Å². The van der Waals surface area contributed by atoms with Gasteiger partial charge in [-0.25, -0.2) is 13.2 Å². The maximum absolute atomic E-state index is 14.0. The summed E-state index contributed by atoms with van der Waals surface area (Å²) < 4.78 is 79.3. The van der Waals surface area contributed by atoms with Gasteiger partial charge in [-0.2, -0.15) is 8.78 Å². The van der Waals surface area contributed by atoms with Crippen molar-refractivity contribution in [2.45, 2.75) is 44.9 Å². The smallest absolute Gasteiger partial charge is 0.207 e. The summed E-state index contributed by atoms with van der Waals surface area (Å²) in [6.07, 6.45) is 2.42. The second-order valence-corrected chi connectivity index (χ2v) is 9.22. The summed E-state index contributed by atoms with van der Waals surface area (Å²) in [5.41, 5.74) is 1.08. The van der Waals surface area contributed by atoms with Crippen LogP contribution < -0.4 is 14.4 Å². The molecule has 10 heteroatoms. The fraction of sp³-hybridized carbons (Fsp3) is 0.538. The van der Waals surface area contributed by atoms with Crippen molar-refractivity contribution in [3.05, 3.63) is 53.4 Å². The Morgan fingerprint density at radius 2 is 1.36 bits per heavy atom. The van der Waals surface area contributed by atoms with Crippen molar-refractivity contribution in [1.29, 1.82) is 0 Å². The summed E-state index contributed by atoms with van der Waals surface area (Å²) in [4.78, 5) is 7.11. The van der Waals surface area contributed by atoms with Crippen LogP contribution >= 0.6 is 0 Å². The van der Waals surface area contributed by atoms with Crippen LogP contribution in [-0.4, -0.2) is 68.4 Å². The van der Waals surface area contributed by atoms with Crippen molar-refractivity contribution in [3.8, 4) is 11.5 Å². The molecule has 0 radical (unpaired) electrons. The first-order valence-electron chi connectivity index (χ1n) is 12.4. The number of halogens is 5. The molecule has 2 fully saturated rings. The number of para-hydroxylation sites is 2. The Balaban J connectivity index is 1.36. The van der Waals surface area contributed by atoms with Gasteiger partial charge in [0, 0.05) is 39.3 Å². The van der Waals surface area contributed by atoms with Crippen molar-refractivity contribution < 1.29 is 31.4 Å². The van der Waals surface area contributed by atoms with Gasteiger partial charge in [-0.1, -0.05) is 25.5 Å². The molecule has 2 aliphatic heterocycles. The molecule has 0 spiro atoms. The maximum Gasteiger partial charge on any atom is 0.207 e. The topological polar surface area (TPSA) is 28.2 Å². The predicted octanol–water partition coefficient (Wildman–Crippen LogP) is 5.18. The number of likely N-dealkylation sites (tertiary alicyclic amines) is 1. The molecule has 36 heavy (non-hydrogen) atoms. The summed E-state index contributed by atoms with van der Waals surface area (Å²) in [5, 5.41) is 0. The quantitative estimate of drug-likeness (QED) is 0.276. The number of piperazine rings is 1. The molecule has 0 amide bonds. The van der Waals surface area contributed by atoms with E-state index in [0.717, 1.165) is 50.5 Å². The highest BCUT2D eigenvalue weighted by molar-refractivity contribution is 5.58. The van der Waals surface area contributed by atoms with Crippen LogP contribution in [0.15, 0.2) is 24.3 Å². The minimum absolute atomic E-state index is 0.213. The Morgan fingerprint density at radius 1 is 0.806 bits per heavy atom. The lowest BCUT2D eigenvalue weighted by molar-refractivity contribution is -0.00631. The van der Waals surface area contributed by atoms with Crippen molar-refractivity contribution in [2.24, 2.45) is 0 Å². The maximum atomic E-state index is 14.0. The molecule has 0 aliphatic carbocycles. The average molecular weight is 514 g/mol. The number of benzene rings is 2. The second kappa shape index (κ2) is 11.6. The highest BCUT2D eigenvalue weighted by Gasteiger charge is 2.34. The van der Waals surface area contributed by atoms with Gasteiger partial charge in [-0.3, -0.25) is 9.80 Å². The molecular formula is C26H32F5N3O2. The highest BCUT2D eigenvalue weighted by atomic mass is 19.2. The normalized spacial score (nSPS) is 18.9. The van der Waals surface area contributed by atoms with Crippen molar-refractivity contribution in [1.82, 2.24) is 9.80 Å². The van der Waals surface area contributed by atoms with Gasteiger partial charge in [-0.15, -0.1) is 0 Å². The van der Waals surface area contributed by atoms with E-state index in [-0.39, 0.29) is 6.17 Å². The van der Waals surface area contributed by atoms with Gasteiger partial charge < -0.3 is 14.4 Å². The average Bonchev–Trinajstić information content (AvgIpc) is 2.92. The molecule has 1 atom stereocenters. The van der Waals surface area contributed by atoms with E-state index in [1.165, 1.54) is 0 Å². The number of rotatable bonds is 8. The van der Waals surface area contributed by atoms with Crippen LogP contribution in [0, 0.1) is 29.1 Å². The van der Waals surface area contributed by atoms with E-state index >= 15 is 0 Å². The Bertz CT molecular complexity index is 1010. The Labute approximate surface area is 208 Å². The zero-order chi connectivity index (χ0) is 25.8. The third-order valence-electron chi connectivity index (χ3n) is 7.06. The zero-order valence-electron chi connectivity index (χ0n) is 20.6. The molecular weight excluding hydrogens is 481 g/mol. The largest absolute Gasteiger partial charge is 0.495 e. The number of piperidine rings is 1. The van der Waals surface area contributed by atoms with Gasteiger partial charge in [0.2, 0.25) is 29.1 Å². The van der Waals surface area contributed by atoms with E-state index in [1.807, 2.05) is 18.2 Å². The molecule has 2 aliphatic rings. The molecule has 0 bridgehead atoms. The number of methoxy groups -OCH3 is 1. The van der Waals surface area contributed by atoms with Crippen LogP contribution in [0.4, 0.5) is 27.6 Å². The fourth-order valence-electron chi connectivity index (χ4n) is 5.15. The van der Waals surface area contributed by atoms with E-state index < -0.39 is 40.9 Å². The van der Waals surface area contributed by atoms with E-state index in [4.69, 9.17) is 9.47 Å². The molecule has 4 rings (SSSR count). The fourth-order valence-corrected chi connectivity index (χ4v) is 5.15. The Morgan fingerprint density at radius 3 is 1.94 bits per heavy atom. The van der Waals surface area contributed by atoms with Crippen molar-refractivity contribution in [3.63, 3.8) is 0 Å². The first-order valence-corrected chi connectivity index (χ1v) is 12.4. The molecule has 2 aromatic carbocycles. The molecule has 1 unspecified atom stereocenters. The van der Waals surface area contributed by atoms with E-state index in [0.29, 0.717) is 25.9 Å². The molecule has 2 aromatic rings. The van der Waals surface area contributed by atoms with E-state index in [9.17, 15) is 22.0 Å². The van der Waals surface area contributed by atoms with Crippen LogP contribution in [0.1, 0.15) is 32.6 Å². The van der Waals surface area contributed by atoms with E-state index in [1.54, 1.807) is 7.11 Å². The SMILES string of the molecule is CCCC(N1CCC(Oc2c(F)c(F)c(F)c(F)c2F)CC1)N1CCN(c2ccccc2OC)CC1. The lowest BCUT2D eigenvalue weighted by Crippen LogP contribution is -2.57. The number of ether oxygens (including phenoxy) is 2. The van der Waals surface area contributed by atoms with Gasteiger partial charge >= 0.3 is 0 Å². The van der Waals surface area contributed by atoms with Crippen molar-refractivity contribution >= 4 is 5.69 Å². The number of nitrogens with zero attached hydrogens (tertiary/aromatic N) is 3. The molecule has 0 N–H and O–H groups in total. The predicted molar refractivity (Wildman–Crippen MR) is 127 cm³/mol. The zero-order valence-corrected chi connectivity index (χ0v) is 20.6. The highest BCUT2D eigenvalue weighted by Crippen LogP contribution is 2.32. The lowest BCUT2D eigenvalue weighted by atomic mass is 10.0. The van der Waals surface area contributed by atoms with Crippen LogP contribution in [-0.2, 0) is 0 Å². The third kappa shape index (κ3) is 5.39. The molecule has 5 nitrogen and oxygen atoms in total. The van der Waals surface area contributed by atoms with Crippen molar-refractivity contribution in [2.75, 3.05) is 51.3 Å². The summed E-state index contributed by atoms with van der Waals surface area (Å²) in [6.45, 7) is 6.83. The summed E-state index contributed by atoms with van der Waals surface area (Å²) in [7, 11) is 1.67. The Hall–Kier alpha value is -2.59. The van der Waals surface area contributed by atoms with Crippen LogP contribution in [0.2, 0.25) is 0 Å². The van der Waals surface area contributed by atoms with Crippen LogP contribution in [0.5, 0.6) is 11.5 Å². The molecule has 0 saturated carbocycles. The first-order chi connectivity index (χ1) is 17.3. The lowest BCUT2D eigenvalue weighted by Gasteiger charge is -2.46. The summed E-state index contributed by atoms with van der Waals surface area (Å²) in [6, 6.07) is 7.98. The third-order valence-corrected chi connectivity index (χ3v) is 7.06. The van der Waals surface area contributed by atoms with Gasteiger partial charge in [0.1, 0.15) is 11.9 Å². The van der Waals surface area contributed by atoms with E-state index in [2.05, 4.69) is 27.7 Å². The number of hydrogen-bond donors (Lipinski definition) is 0. The number of hydrogen-bond acceptors (Lipinski definition) is 5. The van der Waals surface area contributed by atoms with Crippen LogP contribution in [0.3, 0.4) is 0 Å². The molecule has 198 valence electrons. The monoisotopic (exact) mass is 513 g/mol. The van der Waals surface area contributed by atoms with Gasteiger partial charge in [0.25, 0.3) is 0 Å². The minimum atomic E-state index is -2.18. The molecule has 0 aromatic heterocycles. The molecule has 2 heterocycles. The van der Waals surface area contributed by atoms with Gasteiger partial charge in [-0.05, 0) is 31.4 Å². The first kappa shape index (κ1) is 26.5.